The van der Waals surface area contributed by atoms with Gasteiger partial charge < -0.3 is 14.6 Å². The van der Waals surface area contributed by atoms with Gasteiger partial charge in [0.1, 0.15) is 5.82 Å². The second-order valence-corrected chi connectivity index (χ2v) is 10.1. The smallest absolute Gasteiger partial charge is 0.255 e. The zero-order valence-electron chi connectivity index (χ0n) is 19.4. The fourth-order valence-corrected chi connectivity index (χ4v) is 5.03. The molecule has 1 aliphatic rings. The molecule has 2 N–H and O–H groups in total. The number of fused-ring (bicyclic) bond motifs is 1. The van der Waals surface area contributed by atoms with E-state index in [0.717, 1.165) is 41.8 Å². The largest absolute Gasteiger partial charge is 0.383 e. The summed E-state index contributed by atoms with van der Waals surface area (Å²) in [5.41, 5.74) is 2.89. The molecule has 1 amide bonds. The second-order valence-electron chi connectivity index (χ2n) is 9.22. The number of likely N-dealkylation sites (tertiary alicyclic amines) is 1. The molecule has 0 radical (unpaired) electrons. The van der Waals surface area contributed by atoms with Crippen LogP contribution in [0.25, 0.3) is 11.0 Å². The number of methoxy groups -OCH3 is 1. The molecular weight excluding hydrogens is 459 g/mol. The van der Waals surface area contributed by atoms with Crippen molar-refractivity contribution in [1.82, 2.24) is 20.2 Å². The van der Waals surface area contributed by atoms with Gasteiger partial charge in [0.25, 0.3) is 5.91 Å². The summed E-state index contributed by atoms with van der Waals surface area (Å²) in [7, 11) is 1.67. The molecule has 2 atom stereocenters. The molecule has 1 saturated heterocycles. The Bertz CT molecular complexity index is 1160. The Morgan fingerprint density at radius 2 is 2.09 bits per heavy atom. The van der Waals surface area contributed by atoms with Crippen molar-refractivity contribution in [1.29, 1.82) is 0 Å². The van der Waals surface area contributed by atoms with Crippen molar-refractivity contribution in [2.75, 3.05) is 20.3 Å². The van der Waals surface area contributed by atoms with E-state index < -0.39 is 5.54 Å². The van der Waals surface area contributed by atoms with Gasteiger partial charge in [-0.2, -0.15) is 0 Å². The number of benzene rings is 2. The van der Waals surface area contributed by atoms with Crippen LogP contribution in [0.4, 0.5) is 0 Å². The summed E-state index contributed by atoms with van der Waals surface area (Å²) >= 11 is 12.7. The summed E-state index contributed by atoms with van der Waals surface area (Å²) < 4.78 is 5.29. The van der Waals surface area contributed by atoms with Crippen molar-refractivity contribution in [3.05, 3.63) is 63.4 Å². The van der Waals surface area contributed by atoms with E-state index >= 15 is 0 Å². The zero-order valence-corrected chi connectivity index (χ0v) is 20.9. The first kappa shape index (κ1) is 24.0. The third kappa shape index (κ3) is 5.04. The lowest BCUT2D eigenvalue weighted by Gasteiger charge is -2.31. The van der Waals surface area contributed by atoms with Crippen molar-refractivity contribution in [2.45, 2.75) is 51.2 Å². The van der Waals surface area contributed by atoms with Gasteiger partial charge in [0.15, 0.2) is 0 Å². The summed E-state index contributed by atoms with van der Waals surface area (Å²) in [6.07, 6.45) is 1.94. The molecule has 176 valence electrons. The number of aromatic nitrogens is 2. The number of nitrogens with one attached hydrogen (secondary N) is 2. The van der Waals surface area contributed by atoms with Crippen LogP contribution in [-0.4, -0.2) is 47.1 Å². The Morgan fingerprint density at radius 1 is 1.30 bits per heavy atom. The molecule has 0 spiro atoms. The number of nitrogens with zero attached hydrogens (tertiary/aromatic N) is 2. The van der Waals surface area contributed by atoms with Crippen LogP contribution in [-0.2, 0) is 10.3 Å². The molecule has 2 heterocycles. The van der Waals surface area contributed by atoms with Gasteiger partial charge >= 0.3 is 0 Å². The Hall–Kier alpha value is -2.12. The van der Waals surface area contributed by atoms with Crippen molar-refractivity contribution in [2.24, 2.45) is 0 Å². The van der Waals surface area contributed by atoms with Gasteiger partial charge in [0.2, 0.25) is 0 Å². The van der Waals surface area contributed by atoms with Crippen LogP contribution in [0.2, 0.25) is 10.0 Å². The number of hydrogen-bond acceptors (Lipinski definition) is 4. The van der Waals surface area contributed by atoms with Gasteiger partial charge in [-0.3, -0.25) is 10.1 Å². The Labute approximate surface area is 204 Å². The van der Waals surface area contributed by atoms with E-state index in [2.05, 4.69) is 36.1 Å². The van der Waals surface area contributed by atoms with E-state index in [1.807, 2.05) is 41.3 Å². The number of imidazole rings is 1. The van der Waals surface area contributed by atoms with Crippen molar-refractivity contribution >= 4 is 40.1 Å². The van der Waals surface area contributed by atoms with Crippen LogP contribution in [0.3, 0.4) is 0 Å². The fraction of sp³-hybridized carbons (Fsp3) is 0.440. The van der Waals surface area contributed by atoms with Crippen LogP contribution in [0.1, 0.15) is 61.4 Å². The van der Waals surface area contributed by atoms with Crippen LogP contribution >= 0.6 is 23.2 Å². The van der Waals surface area contributed by atoms with E-state index in [4.69, 9.17) is 27.9 Å². The molecule has 0 bridgehead atoms. The molecular formula is C25H30Cl2N4O2. The maximum Gasteiger partial charge on any atom is 0.255 e. The molecule has 1 unspecified atom stereocenters. The molecule has 6 nitrogen and oxygen atoms in total. The highest BCUT2D eigenvalue weighted by Gasteiger charge is 2.31. The number of carbonyl (C=O) groups excluding carboxylic acids is 1. The molecule has 0 saturated carbocycles. The molecule has 1 fully saturated rings. The van der Waals surface area contributed by atoms with Crippen LogP contribution in [0, 0.1) is 0 Å². The maximum atomic E-state index is 13.1. The molecule has 2 aromatic carbocycles. The Kier molecular flexibility index (Phi) is 7.01. The topological polar surface area (TPSA) is 70.2 Å². The van der Waals surface area contributed by atoms with Crippen LogP contribution in [0.5, 0.6) is 0 Å². The molecule has 33 heavy (non-hydrogen) atoms. The predicted octanol–water partition coefficient (Wildman–Crippen LogP) is 5.71. The lowest BCUT2D eigenvalue weighted by molar-refractivity contribution is 0.0630. The number of halogens is 2. The average Bonchev–Trinajstić information content (AvgIpc) is 3.40. The minimum Gasteiger partial charge on any atom is -0.383 e. The molecule has 4 rings (SSSR count). The van der Waals surface area contributed by atoms with Gasteiger partial charge in [-0.15, -0.1) is 0 Å². The number of rotatable bonds is 7. The third-order valence-corrected chi connectivity index (χ3v) is 6.92. The van der Waals surface area contributed by atoms with E-state index in [9.17, 15) is 4.79 Å². The quantitative estimate of drug-likeness (QED) is 0.446. The summed E-state index contributed by atoms with van der Waals surface area (Å²) in [5, 5.41) is 4.75. The summed E-state index contributed by atoms with van der Waals surface area (Å²) in [5.74, 6) is 0.794. The van der Waals surface area contributed by atoms with E-state index in [0.29, 0.717) is 22.2 Å². The first-order chi connectivity index (χ1) is 15.7. The monoisotopic (exact) mass is 488 g/mol. The SMILES string of the molecule is COC[C@@H]1CCCN1C(=O)c1ccc(C(C)(C)NC(C)c2nc3ccc(Cl)cc3[nH]2)cc1Cl. The van der Waals surface area contributed by atoms with Crippen molar-refractivity contribution in [3.63, 3.8) is 0 Å². The maximum absolute atomic E-state index is 13.1. The lowest BCUT2D eigenvalue weighted by atomic mass is 9.92. The zero-order chi connectivity index (χ0) is 23.8. The number of H-pyrrole nitrogens is 1. The highest BCUT2D eigenvalue weighted by Crippen LogP contribution is 2.30. The van der Waals surface area contributed by atoms with Crippen molar-refractivity contribution < 1.29 is 9.53 Å². The molecule has 8 heteroatoms. The molecule has 3 aromatic rings. The first-order valence-electron chi connectivity index (χ1n) is 11.2. The van der Waals surface area contributed by atoms with Gasteiger partial charge in [-0.25, -0.2) is 4.98 Å². The van der Waals surface area contributed by atoms with E-state index in [1.165, 1.54) is 0 Å². The Morgan fingerprint density at radius 3 is 2.82 bits per heavy atom. The standard InChI is InChI=1S/C25H30Cl2N4O2/c1-15(23-28-21-10-8-17(26)13-22(21)29-23)30-25(2,3)16-7-9-19(20(27)12-16)24(32)31-11-5-6-18(31)14-33-4/h7-10,12-13,15,18,30H,5-6,11,14H2,1-4H3,(H,28,29)/t15?,18-/m0/s1. The minimum absolute atomic E-state index is 0.0360. The summed E-state index contributed by atoms with van der Waals surface area (Å²) in [6, 6.07) is 11.4. The first-order valence-corrected chi connectivity index (χ1v) is 12.0. The Balaban J connectivity index is 1.51. The van der Waals surface area contributed by atoms with E-state index in [-0.39, 0.29) is 18.0 Å². The molecule has 1 aliphatic heterocycles. The van der Waals surface area contributed by atoms with Gasteiger partial charge in [0.05, 0.1) is 40.3 Å². The highest BCUT2D eigenvalue weighted by atomic mass is 35.5. The highest BCUT2D eigenvalue weighted by molar-refractivity contribution is 6.34. The summed E-state index contributed by atoms with van der Waals surface area (Å²) in [6.45, 7) is 7.52. The fourth-order valence-electron chi connectivity index (χ4n) is 4.60. The predicted molar refractivity (Wildman–Crippen MR) is 133 cm³/mol. The number of ether oxygens (including phenoxy) is 1. The average molecular weight is 489 g/mol. The number of amides is 1. The third-order valence-electron chi connectivity index (χ3n) is 6.37. The number of carbonyl (C=O) groups is 1. The molecule has 0 aliphatic carbocycles. The van der Waals surface area contributed by atoms with Gasteiger partial charge in [-0.1, -0.05) is 29.3 Å². The van der Waals surface area contributed by atoms with Crippen LogP contribution in [0.15, 0.2) is 36.4 Å². The summed E-state index contributed by atoms with van der Waals surface area (Å²) in [4.78, 5) is 23.0. The van der Waals surface area contributed by atoms with E-state index in [1.54, 1.807) is 7.11 Å². The lowest BCUT2D eigenvalue weighted by Crippen LogP contribution is -2.39. The minimum atomic E-state index is -0.409. The number of aromatic amines is 1. The molecule has 1 aromatic heterocycles. The second kappa shape index (κ2) is 9.63. The van der Waals surface area contributed by atoms with Gasteiger partial charge in [-0.05, 0) is 69.5 Å². The number of hydrogen-bond donors (Lipinski definition) is 2. The van der Waals surface area contributed by atoms with Crippen molar-refractivity contribution in [3.8, 4) is 0 Å². The van der Waals surface area contributed by atoms with Gasteiger partial charge in [0, 0.05) is 24.2 Å². The van der Waals surface area contributed by atoms with Crippen LogP contribution < -0.4 is 5.32 Å². The normalized spacial score (nSPS) is 17.6.